The molecule has 0 aliphatic heterocycles. The smallest absolute Gasteiger partial charge is 0.200 e. The number of carbonyl (C=O) groups is 1. The van der Waals surface area contributed by atoms with Gasteiger partial charge in [0.05, 0.1) is 12.1 Å². The Balaban J connectivity index is 1.67. The Kier molecular flexibility index (Phi) is 4.34. The molecule has 0 N–H and O–H groups in total. The molecule has 2 aliphatic rings. The summed E-state index contributed by atoms with van der Waals surface area (Å²) in [7, 11) is 0. The molecular formula is C17H20FO4-. The number of hydrogen-bond acceptors (Lipinski definition) is 4. The first kappa shape index (κ1) is 15.3. The lowest BCUT2D eigenvalue weighted by molar-refractivity contribution is -0.255. The summed E-state index contributed by atoms with van der Waals surface area (Å²) in [4.78, 5) is 10.9. The number of ether oxygens (including phenoxy) is 2. The summed E-state index contributed by atoms with van der Waals surface area (Å²) in [5.74, 6) is -0.712. The van der Waals surface area contributed by atoms with E-state index in [0.717, 1.165) is 30.5 Å². The highest BCUT2D eigenvalue weighted by molar-refractivity contribution is 5.86. The maximum Gasteiger partial charge on any atom is 0.200 e. The first-order chi connectivity index (χ1) is 10.6. The van der Waals surface area contributed by atoms with Crippen molar-refractivity contribution in [1.29, 1.82) is 0 Å². The van der Waals surface area contributed by atoms with Gasteiger partial charge in [0.1, 0.15) is 0 Å². The van der Waals surface area contributed by atoms with Crippen LogP contribution in [0.3, 0.4) is 0 Å². The second kappa shape index (κ2) is 6.24. The number of hydrogen-bond donors (Lipinski definition) is 0. The lowest BCUT2D eigenvalue weighted by Gasteiger charge is -2.27. The minimum atomic E-state index is -1.35. The van der Waals surface area contributed by atoms with Crippen molar-refractivity contribution >= 4 is 5.97 Å². The summed E-state index contributed by atoms with van der Waals surface area (Å²) in [5.41, 5.74) is -0.105. The summed E-state index contributed by atoms with van der Waals surface area (Å²) >= 11 is 0. The van der Waals surface area contributed by atoms with Gasteiger partial charge in [-0.25, -0.2) is 4.39 Å². The highest BCUT2D eigenvalue weighted by Crippen LogP contribution is 2.46. The van der Waals surface area contributed by atoms with Gasteiger partial charge in [-0.2, -0.15) is 0 Å². The zero-order valence-electron chi connectivity index (χ0n) is 12.6. The number of carboxylic acid groups (broad SMARTS) is 1. The summed E-state index contributed by atoms with van der Waals surface area (Å²) in [6.45, 7) is 1.90. The Morgan fingerprint density at radius 2 is 2.23 bits per heavy atom. The maximum absolute atomic E-state index is 13.8. The molecule has 1 aromatic carbocycles. The summed E-state index contributed by atoms with van der Waals surface area (Å²) in [5, 5.41) is 10.9. The molecule has 2 bridgehead atoms. The van der Waals surface area contributed by atoms with E-state index in [0.29, 0.717) is 12.3 Å². The van der Waals surface area contributed by atoms with Gasteiger partial charge in [0, 0.05) is 12.0 Å². The van der Waals surface area contributed by atoms with Crippen molar-refractivity contribution < 1.29 is 23.8 Å². The largest absolute Gasteiger partial charge is 0.545 e. The minimum Gasteiger partial charge on any atom is -0.545 e. The number of rotatable bonds is 6. The number of carbonyl (C=O) groups excluding carboxylic acids is 1. The first-order valence-electron chi connectivity index (χ1n) is 7.89. The number of fused-ring (bicyclic) bond motifs is 2. The zero-order chi connectivity index (χ0) is 15.7. The van der Waals surface area contributed by atoms with E-state index in [1.165, 1.54) is 19.3 Å². The molecule has 5 heteroatoms. The number of halogens is 1. The van der Waals surface area contributed by atoms with Crippen LogP contribution < -0.4 is 9.84 Å². The van der Waals surface area contributed by atoms with Crippen LogP contribution in [0.15, 0.2) is 18.2 Å². The number of benzene rings is 1. The molecule has 0 heterocycles. The molecule has 3 rings (SSSR count). The third-order valence-corrected chi connectivity index (χ3v) is 4.76. The van der Waals surface area contributed by atoms with Gasteiger partial charge in [0.2, 0.25) is 0 Å². The maximum atomic E-state index is 13.8. The molecule has 0 aromatic heterocycles. The van der Waals surface area contributed by atoms with Crippen LogP contribution in [0.2, 0.25) is 0 Å². The standard InChI is InChI=1S/C17H21FO4/c1-2-16(21-14-8-10-3-4-11(14)7-10)22-15-9-12(17(19)20)5-6-13(15)18/h5-6,9-11,14,16H,2-4,7-8H2,1H3,(H,19,20)/p-1. The Hall–Kier alpha value is -1.62. The molecule has 2 fully saturated rings. The predicted octanol–water partition coefficient (Wildman–Crippen LogP) is 2.51. The van der Waals surface area contributed by atoms with E-state index in [1.807, 2.05) is 6.92 Å². The minimum absolute atomic E-state index is 0.100. The van der Waals surface area contributed by atoms with Crippen LogP contribution in [-0.4, -0.2) is 18.4 Å². The predicted molar refractivity (Wildman–Crippen MR) is 75.8 cm³/mol. The summed E-state index contributed by atoms with van der Waals surface area (Å²) < 4.78 is 25.4. The fourth-order valence-electron chi connectivity index (χ4n) is 3.62. The molecule has 0 radical (unpaired) electrons. The zero-order valence-corrected chi connectivity index (χ0v) is 12.6. The molecule has 2 aliphatic carbocycles. The Bertz CT molecular complexity index is 560. The van der Waals surface area contributed by atoms with Crippen LogP contribution in [-0.2, 0) is 4.74 Å². The van der Waals surface area contributed by atoms with E-state index in [1.54, 1.807) is 0 Å². The van der Waals surface area contributed by atoms with Crippen LogP contribution >= 0.6 is 0 Å². The summed E-state index contributed by atoms with van der Waals surface area (Å²) in [6.07, 6.45) is 4.93. The average molecular weight is 307 g/mol. The van der Waals surface area contributed by atoms with E-state index in [4.69, 9.17) is 9.47 Å². The molecule has 0 amide bonds. The van der Waals surface area contributed by atoms with Crippen molar-refractivity contribution in [3.8, 4) is 5.75 Å². The molecule has 4 nitrogen and oxygen atoms in total. The van der Waals surface area contributed by atoms with Gasteiger partial charge in [0.25, 0.3) is 0 Å². The highest BCUT2D eigenvalue weighted by Gasteiger charge is 2.41. The fraction of sp³-hybridized carbons (Fsp3) is 0.588. The van der Waals surface area contributed by atoms with Crippen LogP contribution in [0.4, 0.5) is 4.39 Å². The second-order valence-corrected chi connectivity index (χ2v) is 6.24. The topological polar surface area (TPSA) is 58.6 Å². The van der Waals surface area contributed by atoms with E-state index in [-0.39, 0.29) is 17.4 Å². The van der Waals surface area contributed by atoms with E-state index in [2.05, 4.69) is 0 Å². The molecule has 2 saturated carbocycles. The first-order valence-corrected chi connectivity index (χ1v) is 7.89. The lowest BCUT2D eigenvalue weighted by atomic mass is 9.98. The van der Waals surface area contributed by atoms with Crippen molar-refractivity contribution in [2.24, 2.45) is 11.8 Å². The van der Waals surface area contributed by atoms with Gasteiger partial charge in [-0.15, -0.1) is 0 Å². The third kappa shape index (κ3) is 3.09. The van der Waals surface area contributed by atoms with Crippen LogP contribution in [0.5, 0.6) is 5.75 Å². The van der Waals surface area contributed by atoms with Crippen molar-refractivity contribution in [2.45, 2.75) is 51.4 Å². The Morgan fingerprint density at radius 3 is 2.82 bits per heavy atom. The molecular weight excluding hydrogens is 287 g/mol. The Labute approximate surface area is 129 Å². The molecule has 1 aromatic rings. The molecule has 0 spiro atoms. The van der Waals surface area contributed by atoms with Gasteiger partial charge < -0.3 is 19.4 Å². The normalized spacial score (nSPS) is 27.8. The van der Waals surface area contributed by atoms with E-state index >= 15 is 0 Å². The monoisotopic (exact) mass is 307 g/mol. The molecule has 4 atom stereocenters. The lowest BCUT2D eigenvalue weighted by Crippen LogP contribution is -2.30. The molecule has 22 heavy (non-hydrogen) atoms. The van der Waals surface area contributed by atoms with Gasteiger partial charge in [-0.05, 0) is 55.7 Å². The molecule has 0 saturated heterocycles. The highest BCUT2D eigenvalue weighted by atomic mass is 19.1. The van der Waals surface area contributed by atoms with Gasteiger partial charge in [-0.3, -0.25) is 0 Å². The van der Waals surface area contributed by atoms with Crippen molar-refractivity contribution in [1.82, 2.24) is 0 Å². The second-order valence-electron chi connectivity index (χ2n) is 6.24. The summed E-state index contributed by atoms with van der Waals surface area (Å²) in [6, 6.07) is 3.39. The van der Waals surface area contributed by atoms with Gasteiger partial charge in [-0.1, -0.05) is 6.92 Å². The Morgan fingerprint density at radius 1 is 1.41 bits per heavy atom. The van der Waals surface area contributed by atoms with Crippen molar-refractivity contribution in [2.75, 3.05) is 0 Å². The fourth-order valence-corrected chi connectivity index (χ4v) is 3.62. The van der Waals surface area contributed by atoms with E-state index < -0.39 is 18.1 Å². The van der Waals surface area contributed by atoms with Crippen molar-refractivity contribution in [3.63, 3.8) is 0 Å². The molecule has 4 unspecified atom stereocenters. The van der Waals surface area contributed by atoms with Crippen molar-refractivity contribution in [3.05, 3.63) is 29.6 Å². The SMILES string of the molecule is CCC(Oc1cc(C(=O)[O-])ccc1F)OC1CC2CCC1C2. The van der Waals surface area contributed by atoms with Gasteiger partial charge in [0.15, 0.2) is 17.9 Å². The van der Waals surface area contributed by atoms with E-state index in [9.17, 15) is 14.3 Å². The van der Waals surface area contributed by atoms with Gasteiger partial charge >= 0.3 is 0 Å². The van der Waals surface area contributed by atoms with Crippen LogP contribution in [0, 0.1) is 17.7 Å². The third-order valence-electron chi connectivity index (χ3n) is 4.76. The average Bonchev–Trinajstić information content (AvgIpc) is 3.11. The quantitative estimate of drug-likeness (QED) is 0.758. The number of carboxylic acids is 1. The molecule has 120 valence electrons. The van der Waals surface area contributed by atoms with Crippen LogP contribution in [0.1, 0.15) is 49.4 Å². The van der Waals surface area contributed by atoms with Crippen LogP contribution in [0.25, 0.3) is 0 Å². The number of aromatic carboxylic acids is 1.